The summed E-state index contributed by atoms with van der Waals surface area (Å²) in [6, 6.07) is 15.9. The zero-order chi connectivity index (χ0) is 31.9. The summed E-state index contributed by atoms with van der Waals surface area (Å²) in [5.41, 5.74) is -5.90. The molecule has 0 radical (unpaired) electrons. The van der Waals surface area contributed by atoms with Crippen LogP contribution in [-0.2, 0) is 19.1 Å². The molecule has 4 fully saturated rings. The number of ketones is 2. The smallest absolute Gasteiger partial charge is 0.193 e. The maximum atomic E-state index is 17.6. The summed E-state index contributed by atoms with van der Waals surface area (Å²) in [4.78, 5) is 29.1. The van der Waals surface area contributed by atoms with Crippen molar-refractivity contribution in [2.75, 3.05) is 12.9 Å². The number of thioether (sulfide) groups is 1. The lowest BCUT2D eigenvalue weighted by Crippen LogP contribution is -2.70. The standard InChI is InChI=1S/C35H36F2O6S2/c1-32-13-12-20(39)14-26(32)27(36)15-25-24-16-30-35(29(41)18-38,33(24,2)17-28(40)34(25,32)37)43-31(42-30)19-4-6-22(7-5-19)45-23-10-8-21(44-3)9-11-23/h4-14,24-25,27-28,30-31,38,40H,15-18H2,1-3H3/t24?,25?,27-,28-,30+,31+,32-,33-,34-,35+/m0/s1. The molecule has 3 saturated carbocycles. The Morgan fingerprint density at radius 3 is 2.31 bits per heavy atom. The molecule has 4 aliphatic carbocycles. The molecule has 2 N–H and O–H groups in total. The number of hydrogen-bond donors (Lipinski definition) is 2. The molecule has 6 nitrogen and oxygen atoms in total. The molecule has 0 amide bonds. The second kappa shape index (κ2) is 10.9. The number of aliphatic hydroxyl groups excluding tert-OH is 2. The van der Waals surface area contributed by atoms with Crippen LogP contribution in [0.4, 0.5) is 8.78 Å². The molecule has 1 aliphatic heterocycles. The number of benzene rings is 2. The summed E-state index contributed by atoms with van der Waals surface area (Å²) in [5, 5.41) is 21.9. The van der Waals surface area contributed by atoms with Crippen molar-refractivity contribution in [1.29, 1.82) is 0 Å². The molecule has 0 aromatic heterocycles. The van der Waals surface area contributed by atoms with Gasteiger partial charge in [0.2, 0.25) is 0 Å². The Hall–Kier alpha value is -2.34. The van der Waals surface area contributed by atoms with Gasteiger partial charge in [0.05, 0.1) is 12.2 Å². The molecule has 2 aromatic carbocycles. The van der Waals surface area contributed by atoms with Crippen molar-refractivity contribution in [1.82, 2.24) is 0 Å². The number of Topliss-reactive ketones (excluding diaryl/α,β-unsaturated/α-hetero) is 1. The average molecular weight is 655 g/mol. The van der Waals surface area contributed by atoms with Crippen LogP contribution < -0.4 is 0 Å². The molecule has 10 atom stereocenters. The minimum absolute atomic E-state index is 0.0434. The summed E-state index contributed by atoms with van der Waals surface area (Å²) in [6.07, 6.45) is 0.694. The van der Waals surface area contributed by atoms with Crippen LogP contribution in [0.3, 0.4) is 0 Å². The van der Waals surface area contributed by atoms with Gasteiger partial charge in [0.15, 0.2) is 29.1 Å². The number of carbonyl (C=O) groups is 2. The molecule has 5 aliphatic rings. The van der Waals surface area contributed by atoms with Crippen molar-refractivity contribution in [3.63, 3.8) is 0 Å². The van der Waals surface area contributed by atoms with Gasteiger partial charge < -0.3 is 19.7 Å². The molecule has 7 rings (SSSR count). The summed E-state index contributed by atoms with van der Waals surface area (Å²) in [7, 11) is 0. The highest BCUT2D eigenvalue weighted by Crippen LogP contribution is 2.72. The SMILES string of the molecule is CSc1ccc(Sc2ccc([C@@H]3O[C@@H]4CC5C6C[C@H](F)C7=CC(=O)C=C[C@]7(C)[C@@]6(F)[C@@H](O)C[C@]5(C)[C@]4(C(=O)CO)O3)cc2)cc1. The van der Waals surface area contributed by atoms with Crippen molar-refractivity contribution in [3.8, 4) is 0 Å². The fraction of sp³-hybridized carbons (Fsp3) is 0.486. The van der Waals surface area contributed by atoms with Gasteiger partial charge in [-0.3, -0.25) is 9.59 Å². The molecular formula is C35H36F2O6S2. The van der Waals surface area contributed by atoms with Gasteiger partial charge in [-0.15, -0.1) is 11.8 Å². The first-order chi connectivity index (χ1) is 21.4. The maximum Gasteiger partial charge on any atom is 0.193 e. The molecular weight excluding hydrogens is 619 g/mol. The number of ether oxygens (including phenoxy) is 2. The summed E-state index contributed by atoms with van der Waals surface area (Å²) in [5.74, 6) is -2.58. The van der Waals surface area contributed by atoms with Crippen LogP contribution in [0, 0.1) is 22.7 Å². The van der Waals surface area contributed by atoms with E-state index in [1.807, 2.05) is 30.5 Å². The quantitative estimate of drug-likeness (QED) is 0.356. The number of allylic oxidation sites excluding steroid dienone is 4. The van der Waals surface area contributed by atoms with Crippen molar-refractivity contribution in [2.24, 2.45) is 22.7 Å². The van der Waals surface area contributed by atoms with Crippen molar-refractivity contribution in [3.05, 3.63) is 77.9 Å². The minimum atomic E-state index is -2.28. The van der Waals surface area contributed by atoms with Gasteiger partial charge >= 0.3 is 0 Å². The molecule has 0 bridgehead atoms. The number of aliphatic hydroxyl groups is 2. The lowest BCUT2D eigenvalue weighted by Gasteiger charge is -2.63. The van der Waals surface area contributed by atoms with Gasteiger partial charge in [0, 0.05) is 37.0 Å². The van der Waals surface area contributed by atoms with E-state index in [9.17, 15) is 19.8 Å². The molecule has 1 heterocycles. The fourth-order valence-corrected chi connectivity index (χ4v) is 10.4. The molecule has 10 heteroatoms. The largest absolute Gasteiger partial charge is 0.390 e. The van der Waals surface area contributed by atoms with Gasteiger partial charge in [-0.2, -0.15) is 0 Å². The highest BCUT2D eigenvalue weighted by Gasteiger charge is 2.80. The number of rotatable bonds is 6. The third-order valence-corrected chi connectivity index (χ3v) is 13.1. The summed E-state index contributed by atoms with van der Waals surface area (Å²) >= 11 is 3.30. The third kappa shape index (κ3) is 4.29. The van der Waals surface area contributed by atoms with Crippen LogP contribution in [0.2, 0.25) is 0 Å². The fourth-order valence-electron chi connectivity index (χ4n) is 9.19. The van der Waals surface area contributed by atoms with E-state index in [2.05, 4.69) is 24.3 Å². The van der Waals surface area contributed by atoms with E-state index >= 15 is 8.78 Å². The van der Waals surface area contributed by atoms with E-state index in [1.165, 1.54) is 17.0 Å². The van der Waals surface area contributed by atoms with Crippen molar-refractivity contribution in [2.45, 2.75) is 83.7 Å². The molecule has 2 aromatic rings. The second-order valence-corrected chi connectivity index (χ2v) is 15.4. The van der Waals surface area contributed by atoms with Crippen LogP contribution in [-0.4, -0.2) is 64.3 Å². The van der Waals surface area contributed by atoms with Crippen LogP contribution in [0.25, 0.3) is 0 Å². The number of halogens is 2. The molecule has 1 saturated heterocycles. The topological polar surface area (TPSA) is 93.1 Å². The van der Waals surface area contributed by atoms with E-state index in [0.29, 0.717) is 5.56 Å². The van der Waals surface area contributed by atoms with E-state index in [1.54, 1.807) is 37.4 Å². The molecule has 238 valence electrons. The predicted molar refractivity (Wildman–Crippen MR) is 166 cm³/mol. The van der Waals surface area contributed by atoms with Gasteiger partial charge in [-0.05, 0) is 92.5 Å². The number of hydrogen-bond acceptors (Lipinski definition) is 8. The first kappa shape index (κ1) is 31.3. The number of carbonyl (C=O) groups excluding carboxylic acids is 2. The summed E-state index contributed by atoms with van der Waals surface area (Å²) < 4.78 is 46.4. The van der Waals surface area contributed by atoms with Gasteiger partial charge in [-0.1, -0.05) is 36.9 Å². The lowest BCUT2D eigenvalue weighted by molar-refractivity contribution is -0.235. The van der Waals surface area contributed by atoms with Crippen LogP contribution in [0.5, 0.6) is 0 Å². The lowest BCUT2D eigenvalue weighted by atomic mass is 9.44. The zero-order valence-corrected chi connectivity index (χ0v) is 26.9. The Bertz CT molecular complexity index is 1600. The Balaban J connectivity index is 1.19. The van der Waals surface area contributed by atoms with E-state index in [4.69, 9.17) is 9.47 Å². The Morgan fingerprint density at radius 1 is 1.02 bits per heavy atom. The average Bonchev–Trinajstić information content (AvgIpc) is 3.53. The van der Waals surface area contributed by atoms with Gasteiger partial charge in [-0.25, -0.2) is 8.78 Å². The zero-order valence-electron chi connectivity index (χ0n) is 25.2. The third-order valence-electron chi connectivity index (χ3n) is 11.4. The Kier molecular flexibility index (Phi) is 7.54. The number of alkyl halides is 2. The second-order valence-electron chi connectivity index (χ2n) is 13.3. The van der Waals surface area contributed by atoms with Crippen molar-refractivity contribution >= 4 is 35.1 Å². The van der Waals surface area contributed by atoms with Crippen LogP contribution >= 0.6 is 23.5 Å². The maximum absolute atomic E-state index is 17.6. The molecule has 45 heavy (non-hydrogen) atoms. The van der Waals surface area contributed by atoms with E-state index in [-0.39, 0.29) is 24.8 Å². The first-order valence-electron chi connectivity index (χ1n) is 15.3. The predicted octanol–water partition coefficient (Wildman–Crippen LogP) is 6.20. The van der Waals surface area contributed by atoms with Crippen LogP contribution in [0.1, 0.15) is 45.0 Å². The van der Waals surface area contributed by atoms with Crippen molar-refractivity contribution < 1.29 is 38.1 Å². The van der Waals surface area contributed by atoms with E-state index < -0.39 is 76.8 Å². The normalized spacial score (nSPS) is 41.6. The molecule has 2 unspecified atom stereocenters. The summed E-state index contributed by atoms with van der Waals surface area (Å²) in [6.45, 7) is 2.51. The molecule has 0 spiro atoms. The Morgan fingerprint density at radius 2 is 1.67 bits per heavy atom. The minimum Gasteiger partial charge on any atom is -0.390 e. The Labute approximate surface area is 269 Å². The van der Waals surface area contributed by atoms with Crippen LogP contribution in [0.15, 0.2) is 87.0 Å². The van der Waals surface area contributed by atoms with Gasteiger partial charge in [0.1, 0.15) is 12.8 Å². The van der Waals surface area contributed by atoms with E-state index in [0.717, 1.165) is 15.9 Å². The monoisotopic (exact) mass is 654 g/mol. The first-order valence-corrected chi connectivity index (χ1v) is 17.3. The number of fused-ring (bicyclic) bond motifs is 7. The highest BCUT2D eigenvalue weighted by molar-refractivity contribution is 7.99. The van der Waals surface area contributed by atoms with Gasteiger partial charge in [0.25, 0.3) is 0 Å². The highest BCUT2D eigenvalue weighted by atomic mass is 32.2.